The normalized spacial score (nSPS) is 15.1. The summed E-state index contributed by atoms with van der Waals surface area (Å²) >= 11 is -1.04. The number of nitrogens with zero attached hydrogens (tertiary/aromatic N) is 6. The Labute approximate surface area is 218 Å². The number of fused-ring (bicyclic) bond motifs is 1. The van der Waals surface area contributed by atoms with Crippen LogP contribution < -0.4 is 16.6 Å². The third-order valence-corrected chi connectivity index (χ3v) is 7.64. The van der Waals surface area contributed by atoms with Crippen molar-refractivity contribution in [2.24, 2.45) is 0 Å². The van der Waals surface area contributed by atoms with E-state index in [9.17, 15) is 9.35 Å². The number of hydrogen-bond acceptors (Lipinski definition) is 9. The van der Waals surface area contributed by atoms with Gasteiger partial charge in [0.15, 0.2) is 22.2 Å². The highest BCUT2D eigenvalue weighted by Crippen LogP contribution is 2.43. The Morgan fingerprint density at radius 2 is 1.92 bits per heavy atom. The molecule has 0 radical (unpaired) electrons. The fourth-order valence-electron chi connectivity index (χ4n) is 4.36. The second-order valence-corrected chi connectivity index (χ2v) is 10.8. The predicted molar refractivity (Wildman–Crippen MR) is 145 cm³/mol. The molecule has 0 bridgehead atoms. The van der Waals surface area contributed by atoms with E-state index in [0.29, 0.717) is 29.5 Å². The Morgan fingerprint density at radius 3 is 2.57 bits per heavy atom. The topological polar surface area (TPSA) is 148 Å². The Morgan fingerprint density at radius 1 is 1.19 bits per heavy atom. The molecule has 1 aliphatic carbocycles. The lowest BCUT2D eigenvalue weighted by atomic mass is 10.1. The van der Waals surface area contributed by atoms with Gasteiger partial charge in [-0.2, -0.15) is 0 Å². The van der Waals surface area contributed by atoms with Crippen LogP contribution in [0.1, 0.15) is 62.0 Å². The van der Waals surface area contributed by atoms with Crippen LogP contribution in [0.2, 0.25) is 0 Å². The van der Waals surface area contributed by atoms with Gasteiger partial charge in [0.05, 0.1) is 23.1 Å². The smallest absolute Gasteiger partial charge is 0.295 e. The summed E-state index contributed by atoms with van der Waals surface area (Å²) in [6.07, 6.45) is 6.13. The van der Waals surface area contributed by atoms with Crippen molar-refractivity contribution in [1.82, 2.24) is 29.5 Å². The van der Waals surface area contributed by atoms with Crippen molar-refractivity contribution >= 4 is 34.1 Å². The van der Waals surface area contributed by atoms with Gasteiger partial charge in [-0.3, -0.25) is 9.36 Å². The minimum absolute atomic E-state index is 0.105. The van der Waals surface area contributed by atoms with Crippen LogP contribution in [0.5, 0.6) is 0 Å². The summed E-state index contributed by atoms with van der Waals surface area (Å²) in [7, 11) is 0. The zero-order chi connectivity index (χ0) is 26.3. The zero-order valence-corrected chi connectivity index (χ0v) is 22.2. The molecule has 3 aromatic heterocycles. The maximum atomic E-state index is 13.6. The van der Waals surface area contributed by atoms with Crippen molar-refractivity contribution in [1.29, 1.82) is 0 Å². The van der Waals surface area contributed by atoms with Gasteiger partial charge < -0.3 is 15.6 Å². The number of nitrogens with one attached hydrogen (secondary N) is 1. The van der Waals surface area contributed by atoms with Gasteiger partial charge in [0.1, 0.15) is 11.8 Å². The molecule has 3 heterocycles. The van der Waals surface area contributed by atoms with E-state index in [4.69, 9.17) is 10.7 Å². The standard InChI is InChI=1S/C26H30N8O2S/c1-5-14(2)34-24-19(31-23(25(34)35)28-12-16-6-10-18(11-7-16)37(4)36)13-29-22(33-24)20-15(3)30-26(27)32-21(20)17-8-9-17/h6-7,10-11,13-14,17H,5,8-9,12H2,1-4H3,(H,28,31)(H2,27,30,32)/t14-,37?/m1/s1. The number of benzene rings is 1. The maximum absolute atomic E-state index is 13.6. The van der Waals surface area contributed by atoms with Crippen LogP contribution in [0, 0.1) is 6.92 Å². The van der Waals surface area contributed by atoms with E-state index in [1.54, 1.807) is 17.0 Å². The number of anilines is 2. The first-order valence-corrected chi connectivity index (χ1v) is 13.9. The first-order chi connectivity index (χ1) is 17.8. The molecule has 0 saturated heterocycles. The number of nitrogen functional groups attached to an aromatic ring is 1. The van der Waals surface area contributed by atoms with E-state index >= 15 is 0 Å². The average Bonchev–Trinajstić information content (AvgIpc) is 3.72. The van der Waals surface area contributed by atoms with Crippen LogP contribution >= 0.6 is 0 Å². The lowest BCUT2D eigenvalue weighted by Crippen LogP contribution is -2.28. The van der Waals surface area contributed by atoms with Crippen LogP contribution in [0.3, 0.4) is 0 Å². The summed E-state index contributed by atoms with van der Waals surface area (Å²) in [5.41, 5.74) is 9.99. The second kappa shape index (κ2) is 10.1. The fourth-order valence-corrected chi connectivity index (χ4v) is 4.88. The van der Waals surface area contributed by atoms with Crippen LogP contribution in [-0.4, -0.2) is 40.3 Å². The zero-order valence-electron chi connectivity index (χ0n) is 21.4. The largest absolute Gasteiger partial charge is 0.612 e. The third kappa shape index (κ3) is 5.01. The molecule has 192 valence electrons. The van der Waals surface area contributed by atoms with Crippen LogP contribution in [0.4, 0.5) is 11.8 Å². The summed E-state index contributed by atoms with van der Waals surface area (Å²) in [6.45, 7) is 6.30. The molecule has 3 N–H and O–H groups in total. The van der Waals surface area contributed by atoms with Gasteiger partial charge in [-0.25, -0.2) is 24.9 Å². The highest BCUT2D eigenvalue weighted by atomic mass is 32.2. The minimum atomic E-state index is -1.04. The van der Waals surface area contributed by atoms with Crippen molar-refractivity contribution in [2.75, 3.05) is 17.3 Å². The quantitative estimate of drug-likeness (QED) is 0.333. The monoisotopic (exact) mass is 518 g/mol. The second-order valence-electron chi connectivity index (χ2n) is 9.45. The summed E-state index contributed by atoms with van der Waals surface area (Å²) < 4.78 is 13.3. The fraction of sp³-hybridized carbons (Fsp3) is 0.385. The van der Waals surface area contributed by atoms with Gasteiger partial charge in [-0.15, -0.1) is 0 Å². The Balaban J connectivity index is 1.56. The molecule has 1 aliphatic rings. The Bertz CT molecular complexity index is 1520. The molecule has 1 saturated carbocycles. The molecule has 1 aromatic carbocycles. The number of hydrogen-bond donors (Lipinski definition) is 2. The molecule has 4 aromatic rings. The average molecular weight is 519 g/mol. The van der Waals surface area contributed by atoms with E-state index in [-0.39, 0.29) is 23.4 Å². The van der Waals surface area contributed by atoms with E-state index in [1.165, 1.54) is 0 Å². The van der Waals surface area contributed by atoms with Gasteiger partial charge in [0.2, 0.25) is 5.95 Å². The van der Waals surface area contributed by atoms with Crippen molar-refractivity contribution in [3.63, 3.8) is 0 Å². The molecule has 11 heteroatoms. The van der Waals surface area contributed by atoms with Crippen molar-refractivity contribution < 1.29 is 4.55 Å². The summed E-state index contributed by atoms with van der Waals surface area (Å²) in [6, 6.07) is 7.33. The lowest BCUT2D eigenvalue weighted by Gasteiger charge is -2.18. The third-order valence-electron chi connectivity index (χ3n) is 6.70. The maximum Gasteiger partial charge on any atom is 0.295 e. The van der Waals surface area contributed by atoms with E-state index in [2.05, 4.69) is 25.3 Å². The van der Waals surface area contributed by atoms with Crippen molar-refractivity contribution in [3.05, 3.63) is 57.8 Å². The number of aryl methyl sites for hydroxylation is 1. The Hall–Kier alpha value is -3.57. The van der Waals surface area contributed by atoms with Crippen molar-refractivity contribution in [3.8, 4) is 11.4 Å². The first kappa shape index (κ1) is 25.1. The number of nitrogens with two attached hydrogens (primary N) is 1. The summed E-state index contributed by atoms with van der Waals surface area (Å²) in [5.74, 6) is 1.28. The first-order valence-electron chi connectivity index (χ1n) is 12.4. The SMILES string of the molecule is CC[C@@H](C)n1c(=O)c(NCc2ccc([S+](C)[O-])cc2)nc2cnc(-c3c(C)nc(N)nc3C3CC3)nc21. The highest BCUT2D eigenvalue weighted by molar-refractivity contribution is 7.90. The lowest BCUT2D eigenvalue weighted by molar-refractivity contribution is 0.526. The minimum Gasteiger partial charge on any atom is -0.612 e. The van der Waals surface area contributed by atoms with E-state index < -0.39 is 11.2 Å². The predicted octanol–water partition coefficient (Wildman–Crippen LogP) is 3.73. The molecular weight excluding hydrogens is 488 g/mol. The molecule has 5 rings (SSSR count). The van der Waals surface area contributed by atoms with Gasteiger partial charge in [-0.05, 0) is 62.0 Å². The molecule has 2 atom stereocenters. The van der Waals surface area contributed by atoms with E-state index in [0.717, 1.165) is 46.7 Å². The van der Waals surface area contributed by atoms with Gasteiger partial charge >= 0.3 is 0 Å². The van der Waals surface area contributed by atoms with Gasteiger partial charge in [0, 0.05) is 18.5 Å². The highest BCUT2D eigenvalue weighted by Gasteiger charge is 2.31. The molecule has 37 heavy (non-hydrogen) atoms. The van der Waals surface area contributed by atoms with Crippen LogP contribution in [0.15, 0.2) is 40.2 Å². The molecule has 0 amide bonds. The molecule has 0 spiro atoms. The van der Waals surface area contributed by atoms with Crippen LogP contribution in [-0.2, 0) is 17.7 Å². The molecular formula is C26H30N8O2S. The van der Waals surface area contributed by atoms with Gasteiger partial charge in [-0.1, -0.05) is 19.1 Å². The summed E-state index contributed by atoms with van der Waals surface area (Å²) in [4.78, 5) is 37.2. The molecule has 10 nitrogen and oxygen atoms in total. The number of aromatic nitrogens is 6. The van der Waals surface area contributed by atoms with Crippen molar-refractivity contribution in [2.45, 2.75) is 63.4 Å². The van der Waals surface area contributed by atoms with Gasteiger partial charge in [0.25, 0.3) is 5.56 Å². The molecule has 1 unspecified atom stereocenters. The molecule has 0 aliphatic heterocycles. The molecule has 1 fully saturated rings. The van der Waals surface area contributed by atoms with E-state index in [1.807, 2.05) is 45.0 Å². The summed E-state index contributed by atoms with van der Waals surface area (Å²) in [5, 5.41) is 3.17. The van der Waals surface area contributed by atoms with Crippen LogP contribution in [0.25, 0.3) is 22.6 Å². The number of rotatable bonds is 8. The Kier molecular flexibility index (Phi) is 6.82.